The molecule has 168 valence electrons. The first-order valence-electron chi connectivity index (χ1n) is 9.32. The number of anilines is 1. The van der Waals surface area contributed by atoms with E-state index in [1.807, 2.05) is 0 Å². The van der Waals surface area contributed by atoms with Gasteiger partial charge in [0.2, 0.25) is 5.91 Å². The molecule has 0 radical (unpaired) electrons. The lowest BCUT2D eigenvalue weighted by molar-refractivity contribution is -0.116. The number of rotatable bonds is 8. The molecule has 0 saturated carbocycles. The lowest BCUT2D eigenvalue weighted by Crippen LogP contribution is -2.39. The number of hydrogen-bond donors (Lipinski definition) is 2. The molecule has 0 aliphatic carbocycles. The van der Waals surface area contributed by atoms with Crippen LogP contribution in [-0.4, -0.2) is 33.1 Å². The molecule has 10 heteroatoms. The van der Waals surface area contributed by atoms with Gasteiger partial charge in [-0.2, -0.15) is 0 Å². The molecule has 1 amide bonds. The zero-order chi connectivity index (χ0) is 23.5. The van der Waals surface area contributed by atoms with Crippen molar-refractivity contribution in [2.24, 2.45) is 5.73 Å². The van der Waals surface area contributed by atoms with Crippen LogP contribution in [0.1, 0.15) is 17.2 Å². The third-order valence-electron chi connectivity index (χ3n) is 4.70. The highest BCUT2D eigenvalue weighted by molar-refractivity contribution is 7.92. The van der Waals surface area contributed by atoms with Crippen molar-refractivity contribution in [2.45, 2.75) is 11.0 Å². The third kappa shape index (κ3) is 4.99. The number of halogens is 2. The summed E-state index contributed by atoms with van der Waals surface area (Å²) < 4.78 is 32.8. The van der Waals surface area contributed by atoms with Crippen LogP contribution < -0.4 is 14.8 Å². The van der Waals surface area contributed by atoms with Gasteiger partial charge in [0.1, 0.15) is 18.4 Å². The summed E-state index contributed by atoms with van der Waals surface area (Å²) in [7, 11) is -2.79. The SMILES string of the molecule is COc1ccc(S(=O)(=O)N(CC(N)=O)c2ccc(Cl)cc2C(O)c2ccccc2Cl)cc1. The molecule has 0 spiro atoms. The second-order valence-corrected chi connectivity index (χ2v) is 9.49. The third-order valence-corrected chi connectivity index (χ3v) is 7.05. The van der Waals surface area contributed by atoms with Crippen molar-refractivity contribution in [1.29, 1.82) is 0 Å². The number of amides is 1. The van der Waals surface area contributed by atoms with Gasteiger partial charge in [-0.15, -0.1) is 0 Å². The van der Waals surface area contributed by atoms with Crippen LogP contribution in [0.5, 0.6) is 5.75 Å². The summed E-state index contributed by atoms with van der Waals surface area (Å²) >= 11 is 12.4. The molecular formula is C22H20Cl2N2O5S. The first-order valence-corrected chi connectivity index (χ1v) is 11.5. The van der Waals surface area contributed by atoms with Gasteiger partial charge in [-0.25, -0.2) is 8.42 Å². The van der Waals surface area contributed by atoms with Gasteiger partial charge in [-0.1, -0.05) is 41.4 Å². The number of aliphatic hydroxyl groups excluding tert-OH is 1. The normalized spacial score (nSPS) is 12.2. The Morgan fingerprint density at radius 3 is 2.31 bits per heavy atom. The van der Waals surface area contributed by atoms with E-state index >= 15 is 0 Å². The standard InChI is InChI=1S/C22H20Cl2N2O5S/c1-31-15-7-9-16(10-8-15)32(29,30)26(13-21(25)27)20-11-6-14(23)12-18(20)22(28)17-4-2-3-5-19(17)24/h2-12,22,28H,13H2,1H3,(H2,25,27). The number of benzene rings is 3. The van der Waals surface area contributed by atoms with Crippen LogP contribution in [-0.2, 0) is 14.8 Å². The molecule has 32 heavy (non-hydrogen) atoms. The van der Waals surface area contributed by atoms with E-state index in [2.05, 4.69) is 0 Å². The summed E-state index contributed by atoms with van der Waals surface area (Å²) in [6.45, 7) is -0.655. The maximum Gasteiger partial charge on any atom is 0.264 e. The fourth-order valence-electron chi connectivity index (χ4n) is 3.15. The minimum absolute atomic E-state index is 0.0384. The molecule has 0 aliphatic rings. The van der Waals surface area contributed by atoms with E-state index < -0.39 is 28.6 Å². The maximum atomic E-state index is 13.5. The van der Waals surface area contributed by atoms with Crippen molar-refractivity contribution in [3.63, 3.8) is 0 Å². The van der Waals surface area contributed by atoms with Gasteiger partial charge in [-0.05, 0) is 48.5 Å². The zero-order valence-electron chi connectivity index (χ0n) is 16.9. The number of nitrogens with zero attached hydrogens (tertiary/aromatic N) is 1. The molecule has 3 aromatic carbocycles. The van der Waals surface area contributed by atoms with Crippen LogP contribution in [0.3, 0.4) is 0 Å². The topological polar surface area (TPSA) is 110 Å². The van der Waals surface area contributed by atoms with E-state index in [0.29, 0.717) is 11.3 Å². The molecule has 0 bridgehead atoms. The zero-order valence-corrected chi connectivity index (χ0v) is 19.2. The molecule has 3 N–H and O–H groups in total. The number of carbonyl (C=O) groups is 1. The highest BCUT2D eigenvalue weighted by Gasteiger charge is 2.30. The van der Waals surface area contributed by atoms with Crippen molar-refractivity contribution in [3.8, 4) is 5.75 Å². The summed E-state index contributed by atoms with van der Waals surface area (Å²) in [5.74, 6) is -0.415. The number of ether oxygens (including phenoxy) is 1. The van der Waals surface area contributed by atoms with Gasteiger partial charge >= 0.3 is 0 Å². The van der Waals surface area contributed by atoms with Gasteiger partial charge in [0, 0.05) is 21.2 Å². The highest BCUT2D eigenvalue weighted by atomic mass is 35.5. The Hall–Kier alpha value is -2.78. The Bertz CT molecular complexity index is 1230. The van der Waals surface area contributed by atoms with E-state index in [9.17, 15) is 18.3 Å². The number of nitrogens with two attached hydrogens (primary N) is 1. The summed E-state index contributed by atoms with van der Waals surface area (Å²) in [5, 5.41) is 11.6. The number of carbonyl (C=O) groups excluding carboxylic acids is 1. The molecule has 7 nitrogen and oxygen atoms in total. The molecule has 0 aromatic heterocycles. The number of aliphatic hydroxyl groups is 1. The van der Waals surface area contributed by atoms with Crippen LogP contribution in [0.2, 0.25) is 10.0 Å². The summed E-state index contributed by atoms with van der Waals surface area (Å²) in [5.41, 5.74) is 5.89. The molecule has 0 fully saturated rings. The Labute approximate surface area is 196 Å². The number of sulfonamides is 1. The van der Waals surface area contributed by atoms with E-state index in [0.717, 1.165) is 4.31 Å². The molecule has 3 rings (SSSR count). The highest BCUT2D eigenvalue weighted by Crippen LogP contribution is 2.37. The second-order valence-electron chi connectivity index (χ2n) is 6.78. The Balaban J connectivity index is 2.18. The number of hydrogen-bond acceptors (Lipinski definition) is 5. The molecule has 3 aromatic rings. The average Bonchev–Trinajstić information content (AvgIpc) is 2.77. The minimum atomic E-state index is -4.25. The Morgan fingerprint density at radius 2 is 1.72 bits per heavy atom. The Morgan fingerprint density at radius 1 is 1.06 bits per heavy atom. The van der Waals surface area contributed by atoms with Gasteiger partial charge in [-0.3, -0.25) is 9.10 Å². The van der Waals surface area contributed by atoms with Gasteiger partial charge < -0.3 is 15.6 Å². The first-order chi connectivity index (χ1) is 15.1. The average molecular weight is 495 g/mol. The van der Waals surface area contributed by atoms with Crippen LogP contribution in [0.4, 0.5) is 5.69 Å². The fraction of sp³-hybridized carbons (Fsp3) is 0.136. The molecule has 0 aliphatic heterocycles. The van der Waals surface area contributed by atoms with Crippen LogP contribution >= 0.6 is 23.2 Å². The fourth-order valence-corrected chi connectivity index (χ4v) is 5.03. The van der Waals surface area contributed by atoms with Gasteiger partial charge in [0.15, 0.2) is 0 Å². The smallest absolute Gasteiger partial charge is 0.264 e. The van der Waals surface area contributed by atoms with E-state index in [1.165, 1.54) is 49.6 Å². The number of methoxy groups -OCH3 is 1. The van der Waals surface area contributed by atoms with Crippen LogP contribution in [0.25, 0.3) is 0 Å². The summed E-state index contributed by atoms with van der Waals surface area (Å²) in [4.78, 5) is 11.7. The largest absolute Gasteiger partial charge is 0.497 e. The van der Waals surface area contributed by atoms with Crippen molar-refractivity contribution in [2.75, 3.05) is 18.0 Å². The van der Waals surface area contributed by atoms with E-state index in [4.69, 9.17) is 33.7 Å². The van der Waals surface area contributed by atoms with E-state index in [1.54, 1.807) is 24.3 Å². The lowest BCUT2D eigenvalue weighted by atomic mass is 9.99. The van der Waals surface area contributed by atoms with E-state index in [-0.39, 0.29) is 26.2 Å². The molecule has 0 heterocycles. The first kappa shape index (κ1) is 23.9. The van der Waals surface area contributed by atoms with Crippen molar-refractivity contribution < 1.29 is 23.1 Å². The van der Waals surface area contributed by atoms with Crippen LogP contribution in [0.15, 0.2) is 71.6 Å². The van der Waals surface area contributed by atoms with Crippen molar-refractivity contribution in [1.82, 2.24) is 0 Å². The van der Waals surface area contributed by atoms with Gasteiger partial charge in [0.25, 0.3) is 10.0 Å². The second kappa shape index (κ2) is 9.79. The predicted octanol–water partition coefficient (Wildman–Crippen LogP) is 3.76. The number of primary amides is 1. The lowest BCUT2D eigenvalue weighted by Gasteiger charge is -2.27. The molecule has 1 unspecified atom stereocenters. The summed E-state index contributed by atoms with van der Waals surface area (Å²) in [6.07, 6.45) is -1.32. The van der Waals surface area contributed by atoms with Crippen molar-refractivity contribution in [3.05, 3.63) is 87.9 Å². The molecule has 1 atom stereocenters. The monoisotopic (exact) mass is 494 g/mol. The Kier molecular flexibility index (Phi) is 7.30. The minimum Gasteiger partial charge on any atom is -0.497 e. The van der Waals surface area contributed by atoms with Crippen LogP contribution in [0, 0.1) is 0 Å². The summed E-state index contributed by atoms with van der Waals surface area (Å²) in [6, 6.07) is 16.5. The predicted molar refractivity (Wildman–Crippen MR) is 124 cm³/mol. The maximum absolute atomic E-state index is 13.5. The van der Waals surface area contributed by atoms with Gasteiger partial charge in [0.05, 0.1) is 17.7 Å². The molecular weight excluding hydrogens is 475 g/mol. The quantitative estimate of drug-likeness (QED) is 0.495. The van der Waals surface area contributed by atoms with Crippen molar-refractivity contribution >= 4 is 44.8 Å². The molecule has 0 saturated heterocycles.